The van der Waals surface area contributed by atoms with Crippen molar-refractivity contribution in [2.75, 3.05) is 20.3 Å². The zero-order valence-corrected chi connectivity index (χ0v) is 16.2. The smallest absolute Gasteiger partial charge is 0.328 e. The fourth-order valence-corrected chi connectivity index (χ4v) is 3.09. The van der Waals surface area contributed by atoms with E-state index in [4.69, 9.17) is 9.47 Å². The van der Waals surface area contributed by atoms with Crippen LogP contribution in [0.15, 0.2) is 47.3 Å². The Morgan fingerprint density at radius 2 is 1.67 bits per heavy atom. The quantitative estimate of drug-likeness (QED) is 0.589. The molecule has 144 valence electrons. The van der Waals surface area contributed by atoms with Crippen molar-refractivity contribution in [3.63, 3.8) is 0 Å². The predicted octanol–water partition coefficient (Wildman–Crippen LogP) is 2.58. The van der Waals surface area contributed by atoms with E-state index in [0.29, 0.717) is 6.61 Å². The fraction of sp³-hybridized carbons (Fsp3) is 0.381. The van der Waals surface area contributed by atoms with E-state index in [-0.39, 0.29) is 5.69 Å². The van der Waals surface area contributed by atoms with Crippen molar-refractivity contribution in [3.05, 3.63) is 64.1 Å². The van der Waals surface area contributed by atoms with Crippen LogP contribution in [0.25, 0.3) is 11.0 Å². The summed E-state index contributed by atoms with van der Waals surface area (Å²) in [4.78, 5) is 12.0. The van der Waals surface area contributed by atoms with Crippen LogP contribution in [-0.2, 0) is 32.0 Å². The highest BCUT2D eigenvalue weighted by molar-refractivity contribution is 5.76. The summed E-state index contributed by atoms with van der Waals surface area (Å²) in [5.41, 5.74) is 4.08. The molecule has 1 aromatic heterocycles. The molecule has 6 heteroatoms. The number of aromatic nitrogens is 2. The zero-order valence-electron chi connectivity index (χ0n) is 16.2. The highest BCUT2D eigenvalue weighted by atomic mass is 16.5. The van der Waals surface area contributed by atoms with Crippen LogP contribution in [0.2, 0.25) is 0 Å². The van der Waals surface area contributed by atoms with E-state index >= 15 is 0 Å². The van der Waals surface area contributed by atoms with Crippen molar-refractivity contribution in [1.82, 2.24) is 14.5 Å². The van der Waals surface area contributed by atoms with Crippen LogP contribution in [0.5, 0.6) is 5.75 Å². The first kappa shape index (κ1) is 19.2. The average molecular weight is 369 g/mol. The largest absolute Gasteiger partial charge is 0.489 e. The molecule has 1 N–H and O–H groups in total. The third-order valence-electron chi connectivity index (χ3n) is 4.70. The zero-order chi connectivity index (χ0) is 19.2. The minimum Gasteiger partial charge on any atom is -0.489 e. The molecule has 0 saturated carbocycles. The van der Waals surface area contributed by atoms with Crippen molar-refractivity contribution in [3.8, 4) is 5.75 Å². The lowest BCUT2D eigenvalue weighted by Crippen LogP contribution is -2.19. The van der Waals surface area contributed by atoms with Crippen molar-refractivity contribution in [2.24, 2.45) is 14.1 Å². The number of nitrogens with zero attached hydrogens (tertiary/aromatic N) is 2. The Balaban J connectivity index is 1.56. The lowest BCUT2D eigenvalue weighted by Gasteiger charge is -2.09. The SMILES string of the molecule is COCCCNCc1ccc(OCc2ccc3c(c2)n(C)c(=O)n3C)cc1. The molecular weight excluding hydrogens is 342 g/mol. The van der Waals surface area contributed by atoms with Crippen LogP contribution in [0.4, 0.5) is 0 Å². The van der Waals surface area contributed by atoms with Crippen LogP contribution in [0, 0.1) is 0 Å². The van der Waals surface area contributed by atoms with Gasteiger partial charge in [0.25, 0.3) is 0 Å². The Labute approximate surface area is 159 Å². The second kappa shape index (κ2) is 8.88. The van der Waals surface area contributed by atoms with Gasteiger partial charge in [-0.05, 0) is 48.4 Å². The fourth-order valence-electron chi connectivity index (χ4n) is 3.09. The molecule has 1 heterocycles. The van der Waals surface area contributed by atoms with E-state index in [2.05, 4.69) is 17.4 Å². The Bertz CT molecular complexity index is 942. The molecule has 0 atom stereocenters. The number of benzene rings is 2. The normalized spacial score (nSPS) is 11.2. The molecule has 3 rings (SSSR count). The van der Waals surface area contributed by atoms with Crippen LogP contribution >= 0.6 is 0 Å². The van der Waals surface area contributed by atoms with E-state index in [1.165, 1.54) is 5.56 Å². The van der Waals surface area contributed by atoms with E-state index in [9.17, 15) is 4.79 Å². The van der Waals surface area contributed by atoms with Crippen molar-refractivity contribution in [1.29, 1.82) is 0 Å². The Kier molecular flexibility index (Phi) is 6.32. The Morgan fingerprint density at radius 3 is 2.41 bits per heavy atom. The summed E-state index contributed by atoms with van der Waals surface area (Å²) in [6, 6.07) is 14.1. The molecule has 27 heavy (non-hydrogen) atoms. The molecule has 2 aromatic carbocycles. The Morgan fingerprint density at radius 1 is 0.963 bits per heavy atom. The van der Waals surface area contributed by atoms with Gasteiger partial charge in [0.2, 0.25) is 0 Å². The maximum Gasteiger partial charge on any atom is 0.328 e. The average Bonchev–Trinajstić information content (AvgIpc) is 2.91. The molecule has 0 amide bonds. The minimum absolute atomic E-state index is 0.0190. The molecule has 0 bridgehead atoms. The van der Waals surface area contributed by atoms with Crippen molar-refractivity contribution >= 4 is 11.0 Å². The number of methoxy groups -OCH3 is 1. The van der Waals surface area contributed by atoms with Crippen molar-refractivity contribution in [2.45, 2.75) is 19.6 Å². The molecular formula is C21H27N3O3. The maximum absolute atomic E-state index is 12.0. The molecule has 3 aromatic rings. The first-order valence-electron chi connectivity index (χ1n) is 9.16. The van der Waals surface area contributed by atoms with Crippen LogP contribution in [0.1, 0.15) is 17.5 Å². The van der Waals surface area contributed by atoms with Gasteiger partial charge in [0, 0.05) is 34.4 Å². The Hall–Kier alpha value is -2.57. The second-order valence-electron chi connectivity index (χ2n) is 6.68. The summed E-state index contributed by atoms with van der Waals surface area (Å²) in [7, 11) is 5.30. The third-order valence-corrected chi connectivity index (χ3v) is 4.70. The molecule has 0 saturated heterocycles. The number of nitrogens with one attached hydrogen (secondary N) is 1. The van der Waals surface area contributed by atoms with Gasteiger partial charge in [0.1, 0.15) is 12.4 Å². The van der Waals surface area contributed by atoms with E-state index < -0.39 is 0 Å². The van der Waals surface area contributed by atoms with Crippen LogP contribution in [-0.4, -0.2) is 29.4 Å². The summed E-state index contributed by atoms with van der Waals surface area (Å²) in [6.45, 7) is 3.02. The summed E-state index contributed by atoms with van der Waals surface area (Å²) in [5.74, 6) is 0.834. The van der Waals surface area contributed by atoms with Gasteiger partial charge in [0.05, 0.1) is 11.0 Å². The summed E-state index contributed by atoms with van der Waals surface area (Å²) >= 11 is 0. The maximum atomic E-state index is 12.0. The van der Waals surface area contributed by atoms with Crippen molar-refractivity contribution < 1.29 is 9.47 Å². The monoisotopic (exact) mass is 369 g/mol. The van der Waals surface area contributed by atoms with Gasteiger partial charge in [0.15, 0.2) is 0 Å². The first-order valence-corrected chi connectivity index (χ1v) is 9.16. The van der Waals surface area contributed by atoms with Gasteiger partial charge in [-0.3, -0.25) is 9.13 Å². The molecule has 0 aliphatic carbocycles. The molecule has 0 fully saturated rings. The summed E-state index contributed by atoms with van der Waals surface area (Å²) < 4.78 is 14.2. The standard InChI is InChI=1S/C21H27N3O3/c1-23-19-10-7-17(13-20(19)24(2)21(23)25)15-27-18-8-5-16(6-9-18)14-22-11-4-12-26-3/h5-10,13,22H,4,11-12,14-15H2,1-3H3. The lowest BCUT2D eigenvalue weighted by atomic mass is 10.2. The van der Waals surface area contributed by atoms with Gasteiger partial charge in [-0.25, -0.2) is 4.79 Å². The number of imidazole rings is 1. The minimum atomic E-state index is -0.0190. The van der Waals surface area contributed by atoms with Crippen LogP contribution in [0.3, 0.4) is 0 Å². The number of fused-ring (bicyclic) bond motifs is 1. The van der Waals surface area contributed by atoms with E-state index in [1.807, 2.05) is 30.3 Å². The topological polar surface area (TPSA) is 57.4 Å². The number of rotatable bonds is 9. The van der Waals surface area contributed by atoms with Crippen LogP contribution < -0.4 is 15.7 Å². The second-order valence-corrected chi connectivity index (χ2v) is 6.68. The van der Waals surface area contributed by atoms with Gasteiger partial charge < -0.3 is 14.8 Å². The summed E-state index contributed by atoms with van der Waals surface area (Å²) in [6.07, 6.45) is 1.01. The number of aryl methyl sites for hydroxylation is 2. The highest BCUT2D eigenvalue weighted by Crippen LogP contribution is 2.17. The molecule has 0 unspecified atom stereocenters. The predicted molar refractivity (Wildman–Crippen MR) is 107 cm³/mol. The molecule has 0 spiro atoms. The molecule has 0 radical (unpaired) electrons. The lowest BCUT2D eigenvalue weighted by molar-refractivity contribution is 0.194. The summed E-state index contributed by atoms with van der Waals surface area (Å²) in [5, 5.41) is 3.39. The van der Waals surface area contributed by atoms with E-state index in [0.717, 1.165) is 48.5 Å². The van der Waals surface area contributed by atoms with Gasteiger partial charge in [-0.2, -0.15) is 0 Å². The van der Waals surface area contributed by atoms with Gasteiger partial charge >= 0.3 is 5.69 Å². The first-order chi connectivity index (χ1) is 13.1. The van der Waals surface area contributed by atoms with E-state index in [1.54, 1.807) is 30.3 Å². The number of ether oxygens (including phenoxy) is 2. The van der Waals surface area contributed by atoms with Gasteiger partial charge in [-0.1, -0.05) is 18.2 Å². The molecule has 0 aliphatic rings. The third kappa shape index (κ3) is 4.59. The van der Waals surface area contributed by atoms with Gasteiger partial charge in [-0.15, -0.1) is 0 Å². The number of hydrogen-bond acceptors (Lipinski definition) is 4. The number of hydrogen-bond donors (Lipinski definition) is 1. The highest BCUT2D eigenvalue weighted by Gasteiger charge is 2.08. The molecule has 6 nitrogen and oxygen atoms in total. The molecule has 0 aliphatic heterocycles.